The van der Waals surface area contributed by atoms with Gasteiger partial charge in [-0.2, -0.15) is 21.9 Å². The Kier molecular flexibility index (Phi) is 13.5. The van der Waals surface area contributed by atoms with Crippen LogP contribution in [0.4, 0.5) is 0 Å². The lowest BCUT2D eigenvalue weighted by Crippen LogP contribution is -2.97. The summed E-state index contributed by atoms with van der Waals surface area (Å²) in [5.74, 6) is 2.07. The number of aromatic nitrogens is 4. The molecule has 0 unspecified atom stereocenters. The van der Waals surface area contributed by atoms with Crippen LogP contribution in [0, 0.1) is 0 Å². The molecule has 2 aromatic heterocycles. The molecule has 0 N–H and O–H groups in total. The molecule has 11 rings (SSSR count). The van der Waals surface area contributed by atoms with Gasteiger partial charge in [-0.05, 0) is 47.3 Å². The molecule has 2 bridgehead atoms. The van der Waals surface area contributed by atoms with Crippen molar-refractivity contribution in [1.29, 1.82) is 0 Å². The van der Waals surface area contributed by atoms with E-state index in [9.17, 15) is 0 Å². The largest absolute Gasteiger partial charge is 0.473 e. The van der Waals surface area contributed by atoms with Crippen molar-refractivity contribution in [2.45, 2.75) is 158 Å². The minimum Gasteiger partial charge on any atom is -0.473 e. The smallest absolute Gasteiger partial charge is 0.309 e. The maximum atomic E-state index is 7.93. The molecule has 0 fully saturated rings. The summed E-state index contributed by atoms with van der Waals surface area (Å²) >= 11 is 0. The number of hydrogen-bond acceptors (Lipinski definition) is 2. The van der Waals surface area contributed by atoms with Crippen LogP contribution in [0.25, 0.3) is 22.7 Å². The summed E-state index contributed by atoms with van der Waals surface area (Å²) in [6, 6.07) is 46.0. The van der Waals surface area contributed by atoms with E-state index < -0.39 is 12.7 Å². The van der Waals surface area contributed by atoms with Gasteiger partial charge in [-0.1, -0.05) is 232 Å². The Morgan fingerprint density at radius 2 is 0.541 bits per heavy atom. The summed E-state index contributed by atoms with van der Waals surface area (Å²) in [4.78, 5) is 15.9. The first kappa shape index (κ1) is 51.3. The van der Waals surface area contributed by atoms with E-state index in [1.54, 1.807) is 0 Å². The molecule has 0 saturated heterocycles. The SMILES string of the molecule is CC(C)c1cccc(C(C)C)c1-n1cc[n+](-c2c(C(C)C)cccc2C(C)C)c1[B-]12OO[B-](c3n(-c4c(C(C)C)cccc4C(C)C)cc[n+]3-c3c(C(C)C)cccc3C(C)C)(c3ccccc31)c1ccccc12. The summed E-state index contributed by atoms with van der Waals surface area (Å²) < 4.78 is 10.0. The van der Waals surface area contributed by atoms with E-state index in [4.69, 9.17) is 9.61 Å². The number of hydrogen-bond donors (Lipinski definition) is 0. The quantitative estimate of drug-likeness (QED) is 0.0618. The van der Waals surface area contributed by atoms with E-state index in [0.29, 0.717) is 0 Å². The summed E-state index contributed by atoms with van der Waals surface area (Å²) in [6.45, 7) is 37.2. The lowest BCUT2D eigenvalue weighted by molar-refractivity contribution is -0.579. The van der Waals surface area contributed by atoms with Crippen LogP contribution in [-0.4, -0.2) is 21.8 Å². The number of fused-ring (bicyclic) bond motifs is 1. The Balaban J connectivity index is 1.41. The Labute approximate surface area is 443 Å². The van der Waals surface area contributed by atoms with E-state index in [-0.39, 0.29) is 47.3 Å². The van der Waals surface area contributed by atoms with Crippen LogP contribution in [0.15, 0.2) is 146 Å². The van der Waals surface area contributed by atoms with E-state index >= 15 is 0 Å². The second-order valence-corrected chi connectivity index (χ2v) is 24.2. The molecule has 0 spiro atoms. The number of nitrogens with zero attached hydrogens (tertiary/aromatic N) is 4. The summed E-state index contributed by atoms with van der Waals surface area (Å²) in [7, 11) is 0. The van der Waals surface area contributed by atoms with Gasteiger partial charge in [0.2, 0.25) is 0 Å². The average molecular weight is 983 g/mol. The fraction of sp³-hybridized carbons (Fsp3) is 0.364. The maximum absolute atomic E-state index is 7.93. The van der Waals surface area contributed by atoms with Crippen molar-refractivity contribution in [2.75, 3.05) is 0 Å². The van der Waals surface area contributed by atoms with Gasteiger partial charge in [0.25, 0.3) is 0 Å². The molecule has 0 saturated carbocycles. The van der Waals surface area contributed by atoms with Crippen LogP contribution in [0.2, 0.25) is 0 Å². The highest BCUT2D eigenvalue weighted by molar-refractivity contribution is 7.22. The van der Waals surface area contributed by atoms with Crippen molar-refractivity contribution >= 4 is 46.0 Å². The van der Waals surface area contributed by atoms with Crippen molar-refractivity contribution in [3.05, 3.63) is 191 Å². The fourth-order valence-electron chi connectivity index (χ4n) is 13.4. The van der Waals surface area contributed by atoms with Crippen LogP contribution >= 0.6 is 0 Å². The molecule has 6 nitrogen and oxygen atoms in total. The van der Waals surface area contributed by atoms with Gasteiger partial charge in [-0.3, -0.25) is 0 Å². The zero-order valence-electron chi connectivity index (χ0n) is 47.2. The Bertz CT molecular complexity index is 2870. The molecule has 74 heavy (non-hydrogen) atoms. The normalized spacial score (nSPS) is 17.4. The Morgan fingerprint density at radius 3 is 0.770 bits per heavy atom. The summed E-state index contributed by atoms with van der Waals surface area (Å²) in [5.41, 5.74) is 21.9. The van der Waals surface area contributed by atoms with E-state index in [1.807, 2.05) is 0 Å². The zero-order chi connectivity index (χ0) is 52.7. The molecular weight excluding hydrogens is 902 g/mol. The molecule has 3 aliphatic heterocycles. The highest BCUT2D eigenvalue weighted by atomic mass is 17.2. The molecule has 0 aliphatic carbocycles. The predicted octanol–water partition coefficient (Wildman–Crippen LogP) is 12.0. The third-order valence-electron chi connectivity index (χ3n) is 16.9. The van der Waals surface area contributed by atoms with Gasteiger partial charge in [-0.15, -0.1) is 0 Å². The molecule has 0 amide bonds. The number of rotatable bonds is 14. The van der Waals surface area contributed by atoms with Crippen LogP contribution in [0.1, 0.15) is 203 Å². The third kappa shape index (κ3) is 7.75. The summed E-state index contributed by atoms with van der Waals surface area (Å²) in [6.07, 6.45) is 4.59. The van der Waals surface area contributed by atoms with Gasteiger partial charge >= 0.3 is 12.7 Å². The van der Waals surface area contributed by atoms with Crippen molar-refractivity contribution in [1.82, 2.24) is 9.13 Å². The highest BCUT2D eigenvalue weighted by Gasteiger charge is 2.60. The Hall–Kier alpha value is -6.21. The van der Waals surface area contributed by atoms with Gasteiger partial charge in [-0.25, -0.2) is 18.3 Å². The second kappa shape index (κ2) is 19.5. The number of para-hydroxylation sites is 4. The molecule has 5 heterocycles. The standard InChI is InChI=1S/C66H80B2N4O2/c1-41(2)49-25-21-26-50(42(3)4)61(49)69-37-38-70(62-51(43(5)6)27-22-28-52(62)44(7)8)65(69)67-57-33-17-19-35-59(57)68(74-73-67,60-36-20-18-34-58(60)67)66-71(63-53(45(9)10)29-23-30-54(63)46(11)12)39-40-72(66)64-55(47(13)14)31-24-32-56(64)48(15)16/h17-48H,1-16H3. The van der Waals surface area contributed by atoms with Crippen LogP contribution in [-0.2, 0) is 9.61 Å². The molecule has 3 aliphatic rings. The molecule has 8 aromatic rings. The van der Waals surface area contributed by atoms with Gasteiger partial charge < -0.3 is 9.61 Å². The molecule has 0 atom stereocenters. The van der Waals surface area contributed by atoms with E-state index in [1.165, 1.54) is 67.3 Å². The van der Waals surface area contributed by atoms with Crippen LogP contribution in [0.5, 0.6) is 0 Å². The van der Waals surface area contributed by atoms with Gasteiger partial charge in [0.05, 0.1) is 0 Å². The minimum absolute atomic E-state index is 0.258. The van der Waals surface area contributed by atoms with E-state index in [0.717, 1.165) is 33.3 Å². The second-order valence-electron chi connectivity index (χ2n) is 24.2. The maximum Gasteiger partial charge on any atom is 0.309 e. The predicted molar refractivity (Wildman–Crippen MR) is 312 cm³/mol. The first-order chi connectivity index (χ1) is 35.4. The first-order valence-corrected chi connectivity index (χ1v) is 28.0. The van der Waals surface area contributed by atoms with E-state index in [2.05, 4.69) is 275 Å². The van der Waals surface area contributed by atoms with Gasteiger partial charge in [0.15, 0.2) is 0 Å². The monoisotopic (exact) mass is 983 g/mol. The van der Waals surface area contributed by atoms with Gasteiger partial charge in [0.1, 0.15) is 59.0 Å². The number of imidazole rings is 2. The van der Waals surface area contributed by atoms with Crippen molar-refractivity contribution in [2.24, 2.45) is 0 Å². The molecular formula is C66H80B2N4O2. The minimum atomic E-state index is -2.35. The lowest BCUT2D eigenvalue weighted by Gasteiger charge is -2.62. The van der Waals surface area contributed by atoms with Crippen molar-refractivity contribution in [3.63, 3.8) is 0 Å². The van der Waals surface area contributed by atoms with Crippen LogP contribution < -0.4 is 42.4 Å². The average Bonchev–Trinajstić information content (AvgIpc) is 4.03. The summed E-state index contributed by atoms with van der Waals surface area (Å²) in [5, 5.41) is 0. The lowest BCUT2D eigenvalue weighted by atomic mass is 9.14. The molecule has 6 aromatic carbocycles. The molecule has 382 valence electrons. The van der Waals surface area contributed by atoms with Crippen molar-refractivity contribution in [3.8, 4) is 22.7 Å². The molecule has 8 heteroatoms. The number of benzene rings is 6. The van der Waals surface area contributed by atoms with Gasteiger partial charge in [0, 0.05) is 44.5 Å². The first-order valence-electron chi connectivity index (χ1n) is 28.0. The fourth-order valence-corrected chi connectivity index (χ4v) is 13.4. The topological polar surface area (TPSA) is 36.1 Å². The highest BCUT2D eigenvalue weighted by Crippen LogP contribution is 2.37. The van der Waals surface area contributed by atoms with Crippen molar-refractivity contribution < 1.29 is 18.7 Å². The molecule has 0 radical (unpaired) electrons. The zero-order valence-corrected chi connectivity index (χ0v) is 47.2. The van der Waals surface area contributed by atoms with Crippen LogP contribution in [0.3, 0.4) is 0 Å². The third-order valence-corrected chi connectivity index (χ3v) is 16.9. The Morgan fingerprint density at radius 1 is 0.311 bits per heavy atom.